The number of nitrogens with one attached hydrogen (secondary N) is 1. The van der Waals surface area contributed by atoms with E-state index >= 15 is 0 Å². The second-order valence-corrected chi connectivity index (χ2v) is 3.69. The van der Waals surface area contributed by atoms with Gasteiger partial charge in [-0.2, -0.15) is 0 Å². The summed E-state index contributed by atoms with van der Waals surface area (Å²) in [5.41, 5.74) is 0.792. The maximum absolute atomic E-state index is 12.1. The van der Waals surface area contributed by atoms with E-state index < -0.39 is 0 Å². The summed E-state index contributed by atoms with van der Waals surface area (Å²) in [5.74, 6) is 0.00713. The number of likely N-dealkylation sites (N-methyl/N-ethyl adjacent to an activating group) is 1. The predicted molar refractivity (Wildman–Crippen MR) is 60.3 cm³/mol. The van der Waals surface area contributed by atoms with E-state index in [4.69, 9.17) is 4.74 Å². The van der Waals surface area contributed by atoms with Crippen molar-refractivity contribution in [3.63, 3.8) is 0 Å². The number of carbonyl (C=O) groups excluding carboxylic acids is 1. The molecule has 2 heterocycles. The number of hydrogen-bond donors (Lipinski definition) is 1. The number of morpholine rings is 1. The van der Waals surface area contributed by atoms with Crippen molar-refractivity contribution in [2.45, 2.75) is 6.04 Å². The van der Waals surface area contributed by atoms with Gasteiger partial charge in [0.15, 0.2) is 0 Å². The van der Waals surface area contributed by atoms with E-state index in [1.807, 2.05) is 12.1 Å². The number of nitrogens with zero attached hydrogens (tertiary/aromatic N) is 2. The molecular formula is C11H15N3O2. The smallest absolute Gasteiger partial charge is 0.246 e. The van der Waals surface area contributed by atoms with Gasteiger partial charge in [-0.25, -0.2) is 0 Å². The van der Waals surface area contributed by atoms with Crippen LogP contribution < -0.4 is 10.2 Å². The van der Waals surface area contributed by atoms with Crippen molar-refractivity contribution in [3.8, 4) is 0 Å². The summed E-state index contributed by atoms with van der Waals surface area (Å²) in [6, 6.07) is 3.41. The molecule has 2 rings (SSSR count). The minimum absolute atomic E-state index is 0.00713. The third kappa shape index (κ3) is 2.37. The van der Waals surface area contributed by atoms with Gasteiger partial charge in [0.05, 0.1) is 25.1 Å². The number of carbonyl (C=O) groups is 1. The van der Waals surface area contributed by atoms with E-state index in [1.54, 1.807) is 24.3 Å². The van der Waals surface area contributed by atoms with Crippen molar-refractivity contribution in [1.82, 2.24) is 10.3 Å². The lowest BCUT2D eigenvalue weighted by Gasteiger charge is -2.27. The maximum Gasteiger partial charge on any atom is 0.246 e. The molecule has 1 unspecified atom stereocenters. The van der Waals surface area contributed by atoms with Crippen molar-refractivity contribution in [2.24, 2.45) is 0 Å². The molecule has 1 aromatic heterocycles. The first-order chi connectivity index (χ1) is 7.79. The molecule has 0 aromatic carbocycles. The molecule has 0 aliphatic carbocycles. The number of aromatic nitrogens is 1. The van der Waals surface area contributed by atoms with Crippen molar-refractivity contribution in [1.29, 1.82) is 0 Å². The van der Waals surface area contributed by atoms with E-state index in [2.05, 4.69) is 10.3 Å². The molecule has 1 amide bonds. The molecule has 1 aliphatic rings. The van der Waals surface area contributed by atoms with Gasteiger partial charge >= 0.3 is 0 Å². The standard InChI is InChI=1S/C11H15N3O2/c1-14(9-3-2-4-12-7-9)11(15)10-8-16-6-5-13-10/h2-4,7,10,13H,5-6,8H2,1H3. The maximum atomic E-state index is 12.1. The highest BCUT2D eigenvalue weighted by Crippen LogP contribution is 2.11. The number of amides is 1. The van der Waals surface area contributed by atoms with E-state index in [-0.39, 0.29) is 11.9 Å². The van der Waals surface area contributed by atoms with E-state index in [0.29, 0.717) is 13.2 Å². The van der Waals surface area contributed by atoms with E-state index in [1.165, 1.54) is 0 Å². The molecule has 16 heavy (non-hydrogen) atoms. The van der Waals surface area contributed by atoms with Crippen LogP contribution in [0, 0.1) is 0 Å². The lowest BCUT2D eigenvalue weighted by molar-refractivity contribution is -0.123. The lowest BCUT2D eigenvalue weighted by atomic mass is 10.2. The second-order valence-electron chi connectivity index (χ2n) is 3.69. The predicted octanol–water partition coefficient (Wildman–Crippen LogP) is 0.0328. The molecule has 0 saturated carbocycles. The van der Waals surface area contributed by atoms with Crippen molar-refractivity contribution < 1.29 is 9.53 Å². The summed E-state index contributed by atoms with van der Waals surface area (Å²) in [7, 11) is 1.75. The Morgan fingerprint density at radius 3 is 3.19 bits per heavy atom. The zero-order chi connectivity index (χ0) is 11.4. The molecule has 1 atom stereocenters. The Morgan fingerprint density at radius 1 is 1.69 bits per heavy atom. The quantitative estimate of drug-likeness (QED) is 0.765. The molecule has 1 fully saturated rings. The first kappa shape index (κ1) is 11.0. The van der Waals surface area contributed by atoms with Crippen LogP contribution in [0.4, 0.5) is 5.69 Å². The van der Waals surface area contributed by atoms with Gasteiger partial charge < -0.3 is 15.0 Å². The third-order valence-electron chi connectivity index (χ3n) is 2.58. The van der Waals surface area contributed by atoms with Gasteiger partial charge in [0, 0.05) is 19.8 Å². The zero-order valence-corrected chi connectivity index (χ0v) is 9.22. The normalized spacial score (nSPS) is 20.4. The molecule has 0 spiro atoms. The largest absolute Gasteiger partial charge is 0.378 e. The molecule has 1 aromatic rings. The van der Waals surface area contributed by atoms with Gasteiger partial charge in [-0.3, -0.25) is 9.78 Å². The summed E-state index contributed by atoms with van der Waals surface area (Å²) < 4.78 is 5.26. The molecular weight excluding hydrogens is 206 g/mol. The van der Waals surface area contributed by atoms with Crippen LogP contribution >= 0.6 is 0 Å². The van der Waals surface area contributed by atoms with Gasteiger partial charge in [0.1, 0.15) is 6.04 Å². The van der Waals surface area contributed by atoms with Gasteiger partial charge in [-0.15, -0.1) is 0 Å². The minimum Gasteiger partial charge on any atom is -0.378 e. The fourth-order valence-corrected chi connectivity index (χ4v) is 1.64. The first-order valence-electron chi connectivity index (χ1n) is 5.28. The Morgan fingerprint density at radius 2 is 2.56 bits per heavy atom. The molecule has 5 heteroatoms. The number of pyridine rings is 1. The topological polar surface area (TPSA) is 54.5 Å². The fraction of sp³-hybridized carbons (Fsp3) is 0.455. The number of rotatable bonds is 2. The number of anilines is 1. The van der Waals surface area contributed by atoms with Crippen LogP contribution in [0.25, 0.3) is 0 Å². The van der Waals surface area contributed by atoms with Crippen molar-refractivity contribution in [3.05, 3.63) is 24.5 Å². The zero-order valence-electron chi connectivity index (χ0n) is 9.22. The summed E-state index contributed by atoms with van der Waals surface area (Å²) >= 11 is 0. The average Bonchev–Trinajstić information content (AvgIpc) is 2.39. The highest BCUT2D eigenvalue weighted by Gasteiger charge is 2.24. The Labute approximate surface area is 94.4 Å². The Balaban J connectivity index is 2.04. The van der Waals surface area contributed by atoms with Gasteiger partial charge in [0.2, 0.25) is 5.91 Å². The van der Waals surface area contributed by atoms with Crippen LogP contribution in [0.2, 0.25) is 0 Å². The minimum atomic E-state index is -0.251. The van der Waals surface area contributed by atoms with Gasteiger partial charge in [0.25, 0.3) is 0 Å². The second kappa shape index (κ2) is 5.05. The molecule has 1 aliphatic heterocycles. The summed E-state index contributed by atoms with van der Waals surface area (Å²) in [6.45, 7) is 1.82. The number of hydrogen-bond acceptors (Lipinski definition) is 4. The summed E-state index contributed by atoms with van der Waals surface area (Å²) in [6.07, 6.45) is 3.35. The molecule has 1 saturated heterocycles. The van der Waals surface area contributed by atoms with Crippen molar-refractivity contribution >= 4 is 11.6 Å². The van der Waals surface area contributed by atoms with Crippen LogP contribution in [-0.4, -0.2) is 43.7 Å². The average molecular weight is 221 g/mol. The monoisotopic (exact) mass is 221 g/mol. The van der Waals surface area contributed by atoms with Crippen LogP contribution in [0.5, 0.6) is 0 Å². The Kier molecular flexibility index (Phi) is 3.48. The highest BCUT2D eigenvalue weighted by molar-refractivity contribution is 5.96. The van der Waals surface area contributed by atoms with Crippen LogP contribution in [0.3, 0.4) is 0 Å². The SMILES string of the molecule is CN(C(=O)C1COCCN1)c1cccnc1. The van der Waals surface area contributed by atoms with Crippen LogP contribution in [0.15, 0.2) is 24.5 Å². The van der Waals surface area contributed by atoms with E-state index in [9.17, 15) is 4.79 Å². The summed E-state index contributed by atoms with van der Waals surface area (Å²) in [5, 5.41) is 3.13. The molecule has 5 nitrogen and oxygen atoms in total. The molecule has 0 bridgehead atoms. The molecule has 0 radical (unpaired) electrons. The summed E-state index contributed by atoms with van der Waals surface area (Å²) in [4.78, 5) is 17.6. The Hall–Kier alpha value is -1.46. The first-order valence-corrected chi connectivity index (χ1v) is 5.28. The third-order valence-corrected chi connectivity index (χ3v) is 2.58. The number of ether oxygens (including phenoxy) is 1. The van der Waals surface area contributed by atoms with Crippen LogP contribution in [0.1, 0.15) is 0 Å². The Bertz CT molecular complexity index is 350. The van der Waals surface area contributed by atoms with E-state index in [0.717, 1.165) is 12.2 Å². The fourth-order valence-electron chi connectivity index (χ4n) is 1.64. The molecule has 86 valence electrons. The van der Waals surface area contributed by atoms with Gasteiger partial charge in [-0.05, 0) is 12.1 Å². The highest BCUT2D eigenvalue weighted by atomic mass is 16.5. The van der Waals surface area contributed by atoms with Crippen LogP contribution in [-0.2, 0) is 9.53 Å². The lowest BCUT2D eigenvalue weighted by Crippen LogP contribution is -2.51. The van der Waals surface area contributed by atoms with Gasteiger partial charge in [-0.1, -0.05) is 0 Å². The van der Waals surface area contributed by atoms with Crippen molar-refractivity contribution in [2.75, 3.05) is 31.7 Å². The molecule has 1 N–H and O–H groups in total.